The average molecular weight is 363 g/mol. The minimum absolute atomic E-state index is 0.525. The predicted molar refractivity (Wildman–Crippen MR) is 107 cm³/mol. The van der Waals surface area contributed by atoms with Crippen LogP contribution in [0.4, 0.5) is 5.69 Å². The van der Waals surface area contributed by atoms with Crippen molar-refractivity contribution in [3.05, 3.63) is 48.0 Å². The maximum atomic E-state index is 5.54. The van der Waals surface area contributed by atoms with E-state index < -0.39 is 0 Å². The quantitative estimate of drug-likeness (QED) is 0.645. The van der Waals surface area contributed by atoms with Gasteiger partial charge in [-0.25, -0.2) is 0 Å². The summed E-state index contributed by atoms with van der Waals surface area (Å²) >= 11 is 0. The molecule has 0 aliphatic carbocycles. The van der Waals surface area contributed by atoms with E-state index in [4.69, 9.17) is 9.26 Å². The molecule has 0 N–H and O–H groups in total. The molecule has 4 rings (SSSR count). The van der Waals surface area contributed by atoms with Crippen LogP contribution in [0.1, 0.15) is 31.7 Å². The molecule has 1 unspecified atom stereocenters. The number of hydrogen-bond acceptors (Lipinski definition) is 5. The van der Waals surface area contributed by atoms with E-state index >= 15 is 0 Å². The molecule has 0 amide bonds. The summed E-state index contributed by atoms with van der Waals surface area (Å²) < 4.78 is 10.9. The summed E-state index contributed by atoms with van der Waals surface area (Å²) in [6.07, 6.45) is 3.84. The molecule has 1 aromatic heterocycles. The Labute approximate surface area is 160 Å². The maximum absolute atomic E-state index is 5.54. The van der Waals surface area contributed by atoms with Crippen LogP contribution >= 0.6 is 0 Å². The Morgan fingerprint density at radius 3 is 2.78 bits per heavy atom. The Balaban J connectivity index is 1.63. The number of rotatable bonds is 4. The highest BCUT2D eigenvalue weighted by Crippen LogP contribution is 2.32. The number of methoxy groups -OCH3 is 1. The minimum atomic E-state index is 0.525. The Bertz CT molecular complexity index is 935. The first-order chi connectivity index (χ1) is 13.2. The largest absolute Gasteiger partial charge is 0.496 e. The van der Waals surface area contributed by atoms with Gasteiger partial charge in [0.25, 0.3) is 5.89 Å². The number of ether oxygens (including phenoxy) is 1. The van der Waals surface area contributed by atoms with Crippen molar-refractivity contribution in [2.75, 3.05) is 18.6 Å². The molecule has 1 aliphatic rings. The van der Waals surface area contributed by atoms with E-state index in [1.807, 2.05) is 24.3 Å². The molecule has 27 heavy (non-hydrogen) atoms. The molecule has 2 aromatic carbocycles. The van der Waals surface area contributed by atoms with E-state index in [0.717, 1.165) is 23.4 Å². The predicted octanol–water partition coefficient (Wildman–Crippen LogP) is 5.10. The molecule has 5 nitrogen and oxygen atoms in total. The summed E-state index contributed by atoms with van der Waals surface area (Å²) in [5.74, 6) is 1.79. The van der Waals surface area contributed by atoms with Gasteiger partial charge in [0, 0.05) is 23.8 Å². The van der Waals surface area contributed by atoms with Crippen molar-refractivity contribution >= 4 is 5.69 Å². The first kappa shape index (κ1) is 17.6. The van der Waals surface area contributed by atoms with E-state index in [1.54, 1.807) is 7.11 Å². The number of piperidine rings is 1. The summed E-state index contributed by atoms with van der Waals surface area (Å²) in [6.45, 7) is 5.58. The lowest BCUT2D eigenvalue weighted by atomic mass is 10.0. The zero-order valence-corrected chi connectivity index (χ0v) is 16.1. The van der Waals surface area contributed by atoms with Crippen molar-refractivity contribution < 1.29 is 9.26 Å². The van der Waals surface area contributed by atoms with Crippen LogP contribution in [-0.2, 0) is 0 Å². The highest BCUT2D eigenvalue weighted by molar-refractivity contribution is 5.68. The molecule has 0 radical (unpaired) electrons. The third-order valence-corrected chi connectivity index (χ3v) is 5.33. The summed E-state index contributed by atoms with van der Waals surface area (Å²) in [7, 11) is 1.64. The molecule has 140 valence electrons. The van der Waals surface area contributed by atoms with Gasteiger partial charge in [0.05, 0.1) is 12.7 Å². The van der Waals surface area contributed by atoms with E-state index in [1.165, 1.54) is 30.5 Å². The van der Waals surface area contributed by atoms with Gasteiger partial charge in [-0.05, 0) is 69.0 Å². The number of hydrogen-bond donors (Lipinski definition) is 0. The monoisotopic (exact) mass is 363 g/mol. The number of benzene rings is 2. The Morgan fingerprint density at radius 2 is 2.00 bits per heavy atom. The third kappa shape index (κ3) is 3.42. The lowest BCUT2D eigenvalue weighted by Gasteiger charge is -2.36. The Hall–Kier alpha value is -2.82. The van der Waals surface area contributed by atoms with Gasteiger partial charge in [0.2, 0.25) is 5.82 Å². The van der Waals surface area contributed by atoms with Gasteiger partial charge in [-0.2, -0.15) is 4.98 Å². The van der Waals surface area contributed by atoms with Crippen LogP contribution in [0.5, 0.6) is 5.75 Å². The molecule has 1 aliphatic heterocycles. The number of anilines is 1. The summed E-state index contributed by atoms with van der Waals surface area (Å²) in [6, 6.07) is 14.7. The van der Waals surface area contributed by atoms with Crippen LogP contribution in [0.3, 0.4) is 0 Å². The molecule has 1 atom stereocenters. The highest BCUT2D eigenvalue weighted by Gasteiger charge is 2.21. The first-order valence-corrected chi connectivity index (χ1v) is 9.52. The summed E-state index contributed by atoms with van der Waals surface area (Å²) in [5.41, 5.74) is 4.30. The second-order valence-corrected chi connectivity index (χ2v) is 7.16. The molecule has 0 bridgehead atoms. The molecule has 2 heterocycles. The molecule has 5 heteroatoms. The first-order valence-electron chi connectivity index (χ1n) is 9.52. The van der Waals surface area contributed by atoms with Gasteiger partial charge in [0.15, 0.2) is 0 Å². The SMILES string of the molecule is COc1ccccc1-c1noc(-c2ccc(N3CCCCC3C)c(C)c2)n1. The topological polar surface area (TPSA) is 51.4 Å². The molecule has 1 saturated heterocycles. The molecule has 1 fully saturated rings. The van der Waals surface area contributed by atoms with Crippen molar-refractivity contribution in [1.29, 1.82) is 0 Å². The summed E-state index contributed by atoms with van der Waals surface area (Å²) in [5, 5.41) is 4.15. The minimum Gasteiger partial charge on any atom is -0.496 e. The van der Waals surface area contributed by atoms with Crippen LogP contribution in [0, 0.1) is 6.92 Å². The molecular formula is C22H25N3O2. The van der Waals surface area contributed by atoms with E-state index in [9.17, 15) is 0 Å². The molecule has 0 saturated carbocycles. The lowest BCUT2D eigenvalue weighted by Crippen LogP contribution is -2.37. The number of aryl methyl sites for hydroxylation is 1. The highest BCUT2D eigenvalue weighted by atomic mass is 16.5. The maximum Gasteiger partial charge on any atom is 0.258 e. The van der Waals surface area contributed by atoms with Crippen LogP contribution in [-0.4, -0.2) is 29.8 Å². The Morgan fingerprint density at radius 1 is 1.15 bits per heavy atom. The van der Waals surface area contributed by atoms with E-state index in [2.05, 4.69) is 47.1 Å². The number of para-hydroxylation sites is 1. The van der Waals surface area contributed by atoms with Gasteiger partial charge < -0.3 is 14.2 Å². The van der Waals surface area contributed by atoms with Gasteiger partial charge in [-0.1, -0.05) is 17.3 Å². The van der Waals surface area contributed by atoms with Crippen molar-refractivity contribution in [3.8, 4) is 28.6 Å². The van der Waals surface area contributed by atoms with Gasteiger partial charge in [-0.15, -0.1) is 0 Å². The fourth-order valence-electron chi connectivity index (χ4n) is 3.85. The number of nitrogens with zero attached hydrogens (tertiary/aromatic N) is 3. The van der Waals surface area contributed by atoms with Crippen molar-refractivity contribution in [3.63, 3.8) is 0 Å². The molecule has 3 aromatic rings. The smallest absolute Gasteiger partial charge is 0.258 e. The zero-order chi connectivity index (χ0) is 18.8. The third-order valence-electron chi connectivity index (χ3n) is 5.33. The number of aromatic nitrogens is 2. The fourth-order valence-corrected chi connectivity index (χ4v) is 3.85. The van der Waals surface area contributed by atoms with E-state index in [0.29, 0.717) is 17.8 Å². The standard InChI is InChI=1S/C22H25N3O2/c1-15-14-17(11-12-19(15)25-13-7-6-8-16(25)2)22-23-21(24-27-22)18-9-4-5-10-20(18)26-3/h4-5,9-12,14,16H,6-8,13H2,1-3H3. The second-order valence-electron chi connectivity index (χ2n) is 7.16. The summed E-state index contributed by atoms with van der Waals surface area (Å²) in [4.78, 5) is 7.10. The van der Waals surface area contributed by atoms with Gasteiger partial charge in [-0.3, -0.25) is 0 Å². The fraction of sp³-hybridized carbons (Fsp3) is 0.364. The van der Waals surface area contributed by atoms with Crippen LogP contribution in [0.2, 0.25) is 0 Å². The average Bonchev–Trinajstić information content (AvgIpc) is 3.18. The van der Waals surface area contributed by atoms with Crippen LogP contribution in [0.15, 0.2) is 47.0 Å². The van der Waals surface area contributed by atoms with Crippen LogP contribution < -0.4 is 9.64 Å². The van der Waals surface area contributed by atoms with Gasteiger partial charge >= 0.3 is 0 Å². The zero-order valence-electron chi connectivity index (χ0n) is 16.1. The molecular weight excluding hydrogens is 338 g/mol. The van der Waals surface area contributed by atoms with Crippen molar-refractivity contribution in [2.45, 2.75) is 39.2 Å². The van der Waals surface area contributed by atoms with Crippen molar-refractivity contribution in [1.82, 2.24) is 10.1 Å². The van der Waals surface area contributed by atoms with Gasteiger partial charge in [0.1, 0.15) is 5.75 Å². The van der Waals surface area contributed by atoms with E-state index in [-0.39, 0.29) is 0 Å². The Kier molecular flexibility index (Phi) is 4.84. The van der Waals surface area contributed by atoms with Crippen molar-refractivity contribution in [2.24, 2.45) is 0 Å². The normalized spacial score (nSPS) is 17.1. The molecule has 0 spiro atoms. The van der Waals surface area contributed by atoms with Crippen LogP contribution in [0.25, 0.3) is 22.8 Å². The second kappa shape index (κ2) is 7.43. The lowest BCUT2D eigenvalue weighted by molar-refractivity contribution is 0.413.